The van der Waals surface area contributed by atoms with Crippen molar-refractivity contribution in [2.24, 2.45) is 0 Å². The minimum absolute atomic E-state index is 0.261. The lowest BCUT2D eigenvalue weighted by Gasteiger charge is -2.07. The van der Waals surface area contributed by atoms with Crippen LogP contribution in [0.15, 0.2) is 53.1 Å². The molecule has 4 heteroatoms. The van der Waals surface area contributed by atoms with E-state index in [0.717, 1.165) is 26.9 Å². The van der Waals surface area contributed by atoms with Gasteiger partial charge in [0.05, 0.1) is 0 Å². The van der Waals surface area contributed by atoms with E-state index in [1.807, 2.05) is 56.3 Å². The predicted octanol–water partition coefficient (Wildman–Crippen LogP) is 4.86. The fraction of sp³-hybridized carbons (Fsp3) is 0.118. The number of urea groups is 1. The highest BCUT2D eigenvalue weighted by molar-refractivity contribution is 9.10. The van der Waals surface area contributed by atoms with Gasteiger partial charge in [0, 0.05) is 16.4 Å². The molecule has 0 aliphatic heterocycles. The van der Waals surface area contributed by atoms with Crippen LogP contribution in [-0.4, -0.2) is 6.03 Å². The zero-order chi connectivity index (χ0) is 15.2. The first-order valence-electron chi connectivity index (χ1n) is 6.61. The number of rotatable bonds is 3. The van der Waals surface area contributed by atoms with Gasteiger partial charge in [-0.25, -0.2) is 4.79 Å². The van der Waals surface area contributed by atoms with Crippen LogP contribution in [0.5, 0.6) is 0 Å². The molecule has 0 aliphatic carbocycles. The SMILES string of the molecule is Cc1cc(C)cc(NC(=O)N/C=C/c2ccccc2Br)c1. The third-order valence-electron chi connectivity index (χ3n) is 2.86. The van der Waals surface area contributed by atoms with E-state index >= 15 is 0 Å². The van der Waals surface area contributed by atoms with Crippen LogP contribution >= 0.6 is 15.9 Å². The van der Waals surface area contributed by atoms with Crippen molar-refractivity contribution in [1.29, 1.82) is 0 Å². The van der Waals surface area contributed by atoms with Gasteiger partial charge in [-0.3, -0.25) is 0 Å². The standard InChI is InChI=1S/C17H17BrN2O/c1-12-9-13(2)11-15(10-12)20-17(21)19-8-7-14-5-3-4-6-16(14)18/h3-11H,1-2H3,(H2,19,20,21)/b8-7+. The van der Waals surface area contributed by atoms with Crippen molar-refractivity contribution in [2.45, 2.75) is 13.8 Å². The Morgan fingerprint density at radius 2 is 1.76 bits per heavy atom. The molecule has 108 valence electrons. The number of benzene rings is 2. The van der Waals surface area contributed by atoms with Crippen molar-refractivity contribution in [1.82, 2.24) is 5.32 Å². The number of carbonyl (C=O) groups excluding carboxylic acids is 1. The molecule has 2 rings (SSSR count). The molecule has 0 radical (unpaired) electrons. The summed E-state index contributed by atoms with van der Waals surface area (Å²) in [5.74, 6) is 0. The molecule has 2 aromatic rings. The fourth-order valence-corrected chi connectivity index (χ4v) is 2.45. The van der Waals surface area contributed by atoms with Crippen LogP contribution in [-0.2, 0) is 0 Å². The molecule has 0 aromatic heterocycles. The molecular weight excluding hydrogens is 328 g/mol. The van der Waals surface area contributed by atoms with E-state index in [9.17, 15) is 4.79 Å². The molecule has 0 heterocycles. The van der Waals surface area contributed by atoms with Crippen LogP contribution in [0.4, 0.5) is 10.5 Å². The van der Waals surface area contributed by atoms with E-state index in [-0.39, 0.29) is 6.03 Å². The van der Waals surface area contributed by atoms with Crippen molar-refractivity contribution < 1.29 is 4.79 Å². The Morgan fingerprint density at radius 1 is 1.10 bits per heavy atom. The molecule has 0 unspecified atom stereocenters. The lowest BCUT2D eigenvalue weighted by atomic mass is 10.1. The van der Waals surface area contributed by atoms with Gasteiger partial charge in [-0.1, -0.05) is 40.2 Å². The van der Waals surface area contributed by atoms with Crippen molar-refractivity contribution >= 4 is 33.7 Å². The molecular formula is C17H17BrN2O. The second-order valence-corrected chi connectivity index (χ2v) is 5.68. The molecule has 0 bridgehead atoms. The number of carbonyl (C=O) groups is 1. The van der Waals surface area contributed by atoms with E-state index < -0.39 is 0 Å². The van der Waals surface area contributed by atoms with Crippen LogP contribution in [0.25, 0.3) is 6.08 Å². The summed E-state index contributed by atoms with van der Waals surface area (Å²) in [6.45, 7) is 4.01. The summed E-state index contributed by atoms with van der Waals surface area (Å²) in [5.41, 5.74) is 4.03. The lowest BCUT2D eigenvalue weighted by molar-refractivity contribution is 0.255. The summed E-state index contributed by atoms with van der Waals surface area (Å²) < 4.78 is 0.984. The number of halogens is 1. The fourth-order valence-electron chi connectivity index (χ4n) is 2.03. The first kappa shape index (κ1) is 15.3. The van der Waals surface area contributed by atoms with Crippen molar-refractivity contribution in [2.75, 3.05) is 5.32 Å². The molecule has 3 nitrogen and oxygen atoms in total. The highest BCUT2D eigenvalue weighted by atomic mass is 79.9. The molecule has 2 amide bonds. The maximum Gasteiger partial charge on any atom is 0.323 e. The summed E-state index contributed by atoms with van der Waals surface area (Å²) in [6.07, 6.45) is 3.46. The van der Waals surface area contributed by atoms with Crippen molar-refractivity contribution in [3.05, 3.63) is 69.8 Å². The minimum atomic E-state index is -0.261. The maximum atomic E-state index is 11.8. The topological polar surface area (TPSA) is 41.1 Å². The number of nitrogens with one attached hydrogen (secondary N) is 2. The monoisotopic (exact) mass is 344 g/mol. The Hall–Kier alpha value is -2.07. The van der Waals surface area contributed by atoms with Gasteiger partial charge in [0.1, 0.15) is 0 Å². The quantitative estimate of drug-likeness (QED) is 0.820. The van der Waals surface area contributed by atoms with Gasteiger partial charge < -0.3 is 10.6 Å². The van der Waals surface area contributed by atoms with Crippen molar-refractivity contribution in [3.63, 3.8) is 0 Å². The highest BCUT2D eigenvalue weighted by Crippen LogP contribution is 2.17. The summed E-state index contributed by atoms with van der Waals surface area (Å²) in [7, 11) is 0. The average molecular weight is 345 g/mol. The smallest absolute Gasteiger partial charge is 0.314 e. The number of hydrogen-bond donors (Lipinski definition) is 2. The number of hydrogen-bond acceptors (Lipinski definition) is 1. The third-order valence-corrected chi connectivity index (χ3v) is 3.58. The van der Waals surface area contributed by atoms with Crippen molar-refractivity contribution in [3.8, 4) is 0 Å². The van der Waals surface area contributed by atoms with Crippen LogP contribution < -0.4 is 10.6 Å². The molecule has 2 aromatic carbocycles. The summed E-state index contributed by atoms with van der Waals surface area (Å²) in [6, 6.07) is 13.5. The minimum Gasteiger partial charge on any atom is -0.314 e. The van der Waals surface area contributed by atoms with E-state index in [4.69, 9.17) is 0 Å². The predicted molar refractivity (Wildman–Crippen MR) is 91.2 cm³/mol. The van der Waals surface area contributed by atoms with E-state index in [2.05, 4.69) is 32.6 Å². The summed E-state index contributed by atoms with van der Waals surface area (Å²) in [5, 5.41) is 5.51. The van der Waals surface area contributed by atoms with E-state index in [1.54, 1.807) is 6.20 Å². The molecule has 0 saturated heterocycles. The van der Waals surface area contributed by atoms with Crippen LogP contribution in [0.1, 0.15) is 16.7 Å². The van der Waals surface area contributed by atoms with E-state index in [0.29, 0.717) is 0 Å². The van der Waals surface area contributed by atoms with Gasteiger partial charge in [0.2, 0.25) is 0 Å². The van der Waals surface area contributed by atoms with Gasteiger partial charge in [-0.15, -0.1) is 0 Å². The molecule has 0 spiro atoms. The Kier molecular flexibility index (Phi) is 5.17. The van der Waals surface area contributed by atoms with Crippen LogP contribution in [0.2, 0.25) is 0 Å². The number of amides is 2. The maximum absolute atomic E-state index is 11.8. The molecule has 2 N–H and O–H groups in total. The average Bonchev–Trinajstić information content (AvgIpc) is 2.39. The number of aryl methyl sites for hydroxylation is 2. The second-order valence-electron chi connectivity index (χ2n) is 4.83. The molecule has 0 saturated carbocycles. The van der Waals surface area contributed by atoms with Gasteiger partial charge in [-0.2, -0.15) is 0 Å². The second kappa shape index (κ2) is 7.09. The van der Waals surface area contributed by atoms with Gasteiger partial charge in [-0.05, 0) is 54.8 Å². The lowest BCUT2D eigenvalue weighted by Crippen LogP contribution is -2.23. The third kappa shape index (κ3) is 4.76. The first-order valence-corrected chi connectivity index (χ1v) is 7.41. The summed E-state index contributed by atoms with van der Waals surface area (Å²) in [4.78, 5) is 11.8. The Balaban J connectivity index is 1.95. The Labute approximate surface area is 133 Å². The van der Waals surface area contributed by atoms with E-state index in [1.165, 1.54) is 0 Å². The van der Waals surface area contributed by atoms with Gasteiger partial charge >= 0.3 is 6.03 Å². The zero-order valence-electron chi connectivity index (χ0n) is 12.0. The Bertz CT molecular complexity index is 660. The highest BCUT2D eigenvalue weighted by Gasteiger charge is 2.01. The van der Waals surface area contributed by atoms with Crippen LogP contribution in [0.3, 0.4) is 0 Å². The first-order chi connectivity index (χ1) is 10.0. The van der Waals surface area contributed by atoms with Gasteiger partial charge in [0.15, 0.2) is 0 Å². The largest absolute Gasteiger partial charge is 0.323 e. The summed E-state index contributed by atoms with van der Waals surface area (Å²) >= 11 is 3.45. The molecule has 0 fully saturated rings. The molecule has 21 heavy (non-hydrogen) atoms. The van der Waals surface area contributed by atoms with Gasteiger partial charge in [0.25, 0.3) is 0 Å². The van der Waals surface area contributed by atoms with Crippen LogP contribution in [0, 0.1) is 13.8 Å². The Morgan fingerprint density at radius 3 is 2.43 bits per heavy atom. The zero-order valence-corrected chi connectivity index (χ0v) is 13.6. The molecule has 0 aliphatic rings. The normalized spacial score (nSPS) is 10.6. The number of anilines is 1. The molecule has 0 atom stereocenters.